The lowest BCUT2D eigenvalue weighted by atomic mass is 10.1. The first-order valence-corrected chi connectivity index (χ1v) is 6.80. The number of hydrogen-bond acceptors (Lipinski definition) is 2. The molecular weight excluding hydrogens is 270 g/mol. The van der Waals surface area contributed by atoms with Crippen molar-refractivity contribution < 1.29 is 8.78 Å². The SMILES string of the molecule is CCc1ccc(CNCc2c(F)cc(C#N)cc2F)cc1. The van der Waals surface area contributed by atoms with Crippen LogP contribution in [0, 0.1) is 23.0 Å². The zero-order chi connectivity index (χ0) is 15.2. The lowest BCUT2D eigenvalue weighted by molar-refractivity contribution is 0.535. The molecule has 0 heterocycles. The molecule has 0 aromatic heterocycles. The fourth-order valence-electron chi connectivity index (χ4n) is 2.06. The molecule has 2 nitrogen and oxygen atoms in total. The monoisotopic (exact) mass is 286 g/mol. The van der Waals surface area contributed by atoms with Crippen LogP contribution in [0.15, 0.2) is 36.4 Å². The van der Waals surface area contributed by atoms with E-state index in [1.54, 1.807) is 6.07 Å². The van der Waals surface area contributed by atoms with E-state index in [1.165, 1.54) is 5.56 Å². The van der Waals surface area contributed by atoms with Crippen LogP contribution in [0.3, 0.4) is 0 Å². The molecule has 0 radical (unpaired) electrons. The Hall–Kier alpha value is -2.25. The quantitative estimate of drug-likeness (QED) is 0.910. The van der Waals surface area contributed by atoms with Crippen LogP contribution in [-0.4, -0.2) is 0 Å². The number of hydrogen-bond donors (Lipinski definition) is 1. The van der Waals surface area contributed by atoms with Crippen LogP contribution in [0.2, 0.25) is 0 Å². The Morgan fingerprint density at radius 1 is 1.00 bits per heavy atom. The number of aryl methyl sites for hydroxylation is 1. The predicted molar refractivity (Wildman–Crippen MR) is 77.4 cm³/mol. The highest BCUT2D eigenvalue weighted by molar-refractivity contribution is 5.34. The van der Waals surface area contributed by atoms with Gasteiger partial charge in [-0.15, -0.1) is 0 Å². The van der Waals surface area contributed by atoms with Crippen molar-refractivity contribution in [1.82, 2.24) is 5.32 Å². The molecule has 2 rings (SSSR count). The van der Waals surface area contributed by atoms with Gasteiger partial charge in [-0.2, -0.15) is 5.26 Å². The lowest BCUT2D eigenvalue weighted by Crippen LogP contribution is -2.15. The molecule has 0 fully saturated rings. The zero-order valence-corrected chi connectivity index (χ0v) is 11.8. The van der Waals surface area contributed by atoms with Crippen molar-refractivity contribution in [2.45, 2.75) is 26.4 Å². The minimum Gasteiger partial charge on any atom is -0.308 e. The normalized spacial score (nSPS) is 10.4. The molecule has 0 saturated carbocycles. The second kappa shape index (κ2) is 6.96. The molecule has 21 heavy (non-hydrogen) atoms. The summed E-state index contributed by atoms with van der Waals surface area (Å²) in [5, 5.41) is 11.7. The first-order valence-electron chi connectivity index (χ1n) is 6.80. The molecule has 4 heteroatoms. The molecule has 0 amide bonds. The molecule has 108 valence electrons. The maximum atomic E-state index is 13.7. The number of nitrogens with one attached hydrogen (secondary N) is 1. The number of nitrogens with zero attached hydrogens (tertiary/aromatic N) is 1. The van der Waals surface area contributed by atoms with Crippen molar-refractivity contribution in [3.8, 4) is 6.07 Å². The molecule has 0 spiro atoms. The third kappa shape index (κ3) is 3.87. The van der Waals surface area contributed by atoms with Crippen molar-refractivity contribution in [2.24, 2.45) is 0 Å². The van der Waals surface area contributed by atoms with E-state index in [4.69, 9.17) is 5.26 Å². The highest BCUT2D eigenvalue weighted by Crippen LogP contribution is 2.15. The van der Waals surface area contributed by atoms with E-state index in [1.807, 2.05) is 24.3 Å². The van der Waals surface area contributed by atoms with Gasteiger partial charge in [0.05, 0.1) is 11.6 Å². The van der Waals surface area contributed by atoms with Gasteiger partial charge in [-0.3, -0.25) is 0 Å². The van der Waals surface area contributed by atoms with E-state index in [9.17, 15) is 8.78 Å². The third-order valence-corrected chi connectivity index (χ3v) is 3.33. The van der Waals surface area contributed by atoms with Crippen LogP contribution in [0.1, 0.15) is 29.2 Å². The number of halogens is 2. The summed E-state index contributed by atoms with van der Waals surface area (Å²) in [5.41, 5.74) is 2.26. The maximum Gasteiger partial charge on any atom is 0.131 e. The van der Waals surface area contributed by atoms with E-state index in [-0.39, 0.29) is 17.7 Å². The molecular formula is C17H16F2N2. The Morgan fingerprint density at radius 3 is 2.10 bits per heavy atom. The minimum absolute atomic E-state index is 0.0103. The van der Waals surface area contributed by atoms with E-state index in [2.05, 4.69) is 12.2 Å². The fraction of sp³-hybridized carbons (Fsp3) is 0.235. The summed E-state index contributed by atoms with van der Waals surface area (Å²) < 4.78 is 27.4. The van der Waals surface area contributed by atoms with Crippen molar-refractivity contribution >= 4 is 0 Å². The Labute approximate surface area is 123 Å². The van der Waals surface area contributed by atoms with Crippen LogP contribution in [-0.2, 0) is 19.5 Å². The Bertz CT molecular complexity index is 634. The van der Waals surface area contributed by atoms with Crippen LogP contribution in [0.5, 0.6) is 0 Å². The van der Waals surface area contributed by atoms with E-state index >= 15 is 0 Å². The van der Waals surface area contributed by atoms with Crippen LogP contribution in [0.25, 0.3) is 0 Å². The first-order chi connectivity index (χ1) is 10.1. The second-order valence-corrected chi connectivity index (χ2v) is 4.80. The highest BCUT2D eigenvalue weighted by Gasteiger charge is 2.10. The average Bonchev–Trinajstić information content (AvgIpc) is 2.50. The molecule has 2 aromatic rings. The summed E-state index contributed by atoms with van der Waals surface area (Å²) in [6.07, 6.45) is 0.982. The summed E-state index contributed by atoms with van der Waals surface area (Å²) in [6, 6.07) is 11.9. The van der Waals surface area contributed by atoms with Gasteiger partial charge in [0.25, 0.3) is 0 Å². The van der Waals surface area contributed by atoms with Gasteiger partial charge in [0.1, 0.15) is 11.6 Å². The molecule has 1 N–H and O–H groups in total. The molecule has 0 aliphatic carbocycles. The molecule has 0 aliphatic heterocycles. The lowest BCUT2D eigenvalue weighted by Gasteiger charge is -2.08. The minimum atomic E-state index is -0.694. The van der Waals surface area contributed by atoms with Crippen LogP contribution >= 0.6 is 0 Å². The Kier molecular flexibility index (Phi) is 5.02. The number of benzene rings is 2. The fourth-order valence-corrected chi connectivity index (χ4v) is 2.06. The van der Waals surface area contributed by atoms with Gasteiger partial charge in [-0.05, 0) is 29.7 Å². The van der Waals surface area contributed by atoms with Gasteiger partial charge < -0.3 is 5.32 Å². The summed E-state index contributed by atoms with van der Waals surface area (Å²) in [7, 11) is 0. The van der Waals surface area contributed by atoms with Crippen molar-refractivity contribution in [3.05, 3.63) is 70.3 Å². The summed E-state index contributed by atoms with van der Waals surface area (Å²) in [5.74, 6) is -1.39. The second-order valence-electron chi connectivity index (χ2n) is 4.80. The molecule has 0 unspecified atom stereocenters. The predicted octanol–water partition coefficient (Wildman–Crippen LogP) is 3.69. The summed E-state index contributed by atoms with van der Waals surface area (Å²) in [4.78, 5) is 0. The first kappa shape index (κ1) is 15.1. The van der Waals surface area contributed by atoms with E-state index < -0.39 is 11.6 Å². The van der Waals surface area contributed by atoms with Crippen molar-refractivity contribution in [1.29, 1.82) is 5.26 Å². The third-order valence-electron chi connectivity index (χ3n) is 3.33. The Morgan fingerprint density at radius 2 is 1.57 bits per heavy atom. The van der Waals surface area contributed by atoms with Crippen LogP contribution < -0.4 is 5.32 Å². The highest BCUT2D eigenvalue weighted by atomic mass is 19.1. The summed E-state index contributed by atoms with van der Waals surface area (Å²) in [6.45, 7) is 2.70. The number of nitriles is 1. The molecule has 2 aromatic carbocycles. The van der Waals surface area contributed by atoms with E-state index in [0.29, 0.717) is 6.54 Å². The largest absolute Gasteiger partial charge is 0.308 e. The Balaban J connectivity index is 1.98. The van der Waals surface area contributed by atoms with Crippen LogP contribution in [0.4, 0.5) is 8.78 Å². The van der Waals surface area contributed by atoms with Gasteiger partial charge in [-0.1, -0.05) is 31.2 Å². The summed E-state index contributed by atoms with van der Waals surface area (Å²) >= 11 is 0. The van der Waals surface area contributed by atoms with Gasteiger partial charge in [0, 0.05) is 18.7 Å². The molecule has 0 saturated heterocycles. The molecule has 0 aliphatic rings. The molecule has 0 bridgehead atoms. The topological polar surface area (TPSA) is 35.8 Å². The average molecular weight is 286 g/mol. The molecule has 0 atom stereocenters. The van der Waals surface area contributed by atoms with Gasteiger partial charge >= 0.3 is 0 Å². The van der Waals surface area contributed by atoms with Crippen molar-refractivity contribution in [3.63, 3.8) is 0 Å². The zero-order valence-electron chi connectivity index (χ0n) is 11.8. The maximum absolute atomic E-state index is 13.7. The van der Waals surface area contributed by atoms with E-state index in [0.717, 1.165) is 24.1 Å². The standard InChI is InChI=1S/C17H16F2N2/c1-2-12-3-5-13(6-4-12)10-21-11-15-16(18)7-14(9-20)8-17(15)19/h3-8,21H,2,10-11H2,1H3. The smallest absolute Gasteiger partial charge is 0.131 e. The van der Waals surface area contributed by atoms with Gasteiger partial charge in [-0.25, -0.2) is 8.78 Å². The van der Waals surface area contributed by atoms with Crippen molar-refractivity contribution in [2.75, 3.05) is 0 Å². The van der Waals surface area contributed by atoms with Gasteiger partial charge in [0.15, 0.2) is 0 Å². The van der Waals surface area contributed by atoms with Gasteiger partial charge in [0.2, 0.25) is 0 Å². The number of rotatable bonds is 5.